The predicted octanol–water partition coefficient (Wildman–Crippen LogP) is 1.12. The average Bonchev–Trinajstić information content (AvgIpc) is 2.57. The molecule has 0 aromatic carbocycles. The lowest BCUT2D eigenvalue weighted by molar-refractivity contribution is -0.138. The fraction of sp³-hybridized carbons (Fsp3) is 0.364. The molecule has 1 aliphatic heterocycles. The summed E-state index contributed by atoms with van der Waals surface area (Å²) >= 11 is 1.31. The molecule has 0 amide bonds. The average molecular weight is 267 g/mol. The number of carbonyl (C=O) groups is 1. The second-order valence-corrected chi connectivity index (χ2v) is 6.07. The van der Waals surface area contributed by atoms with E-state index in [1.807, 2.05) is 13.8 Å². The Hall–Kier alpha value is -1.76. The van der Waals surface area contributed by atoms with Gasteiger partial charge in [-0.3, -0.25) is 4.79 Å². The lowest BCUT2D eigenvalue weighted by Gasteiger charge is -2.20. The molecule has 0 saturated heterocycles. The molecule has 18 heavy (non-hydrogen) atoms. The van der Waals surface area contributed by atoms with Crippen LogP contribution in [0.3, 0.4) is 0 Å². The van der Waals surface area contributed by atoms with Crippen LogP contribution in [0, 0.1) is 0 Å². The molecule has 6 nitrogen and oxygen atoms in total. The number of H-pyrrole nitrogens is 1. The van der Waals surface area contributed by atoms with Gasteiger partial charge in [-0.1, -0.05) is 11.8 Å². The van der Waals surface area contributed by atoms with E-state index in [9.17, 15) is 9.59 Å². The van der Waals surface area contributed by atoms with E-state index in [4.69, 9.17) is 5.11 Å². The third-order valence-corrected chi connectivity index (χ3v) is 3.71. The van der Waals surface area contributed by atoms with Gasteiger partial charge in [0.15, 0.2) is 11.2 Å². The van der Waals surface area contributed by atoms with Crippen molar-refractivity contribution in [2.45, 2.75) is 24.6 Å². The maximum absolute atomic E-state index is 11.5. The Morgan fingerprint density at radius 2 is 2.33 bits per heavy atom. The van der Waals surface area contributed by atoms with Gasteiger partial charge in [-0.25, -0.2) is 9.79 Å². The van der Waals surface area contributed by atoms with Crippen molar-refractivity contribution < 1.29 is 9.90 Å². The van der Waals surface area contributed by atoms with Crippen LogP contribution in [-0.4, -0.2) is 32.0 Å². The minimum Gasteiger partial charge on any atom is -0.480 e. The van der Waals surface area contributed by atoms with Crippen LogP contribution in [0.4, 0.5) is 5.69 Å². The molecule has 0 radical (unpaired) electrons. The zero-order valence-electron chi connectivity index (χ0n) is 9.93. The SMILES string of the molecule is CC1(C)SC(Nc2c[nH]ccc2=O)=N[C@@H]1C(=O)O. The molecule has 0 aliphatic carbocycles. The highest BCUT2D eigenvalue weighted by atomic mass is 32.2. The first-order chi connectivity index (χ1) is 8.40. The maximum atomic E-state index is 11.5. The summed E-state index contributed by atoms with van der Waals surface area (Å²) in [4.78, 5) is 29.5. The number of anilines is 1. The van der Waals surface area contributed by atoms with Gasteiger partial charge >= 0.3 is 5.97 Å². The van der Waals surface area contributed by atoms with Crippen LogP contribution in [0.5, 0.6) is 0 Å². The molecular formula is C11H13N3O3S. The zero-order chi connectivity index (χ0) is 13.3. The number of hydrogen-bond donors (Lipinski definition) is 3. The second-order valence-electron chi connectivity index (χ2n) is 4.43. The van der Waals surface area contributed by atoms with E-state index in [1.165, 1.54) is 30.2 Å². The standard InChI is InChI=1S/C11H13N3O3S/c1-11(2)8(9(16)17)14-10(18-11)13-6-5-12-4-3-7(6)15/h3-5,8H,1-2H3,(H,12,15)(H,13,14)(H,16,17)/t8-/m1/s1. The first kappa shape index (κ1) is 12.7. The van der Waals surface area contributed by atoms with Crippen molar-refractivity contribution in [1.29, 1.82) is 0 Å². The van der Waals surface area contributed by atoms with Crippen molar-refractivity contribution in [1.82, 2.24) is 4.98 Å². The first-order valence-corrected chi connectivity index (χ1v) is 6.15. The van der Waals surface area contributed by atoms with E-state index in [0.29, 0.717) is 10.9 Å². The van der Waals surface area contributed by atoms with Gasteiger partial charge in [-0.2, -0.15) is 0 Å². The molecule has 1 aliphatic rings. The summed E-state index contributed by atoms with van der Waals surface area (Å²) in [5, 5.41) is 12.4. The molecule has 0 fully saturated rings. The summed E-state index contributed by atoms with van der Waals surface area (Å²) in [5.41, 5.74) is 0.180. The number of nitrogens with zero attached hydrogens (tertiary/aromatic N) is 1. The summed E-state index contributed by atoms with van der Waals surface area (Å²) in [6.45, 7) is 3.62. The quantitative estimate of drug-likeness (QED) is 0.746. The number of rotatable bonds is 2. The number of hydrogen-bond acceptors (Lipinski definition) is 5. The van der Waals surface area contributed by atoms with E-state index in [-0.39, 0.29) is 5.43 Å². The fourth-order valence-electron chi connectivity index (χ4n) is 1.64. The van der Waals surface area contributed by atoms with E-state index in [2.05, 4.69) is 15.3 Å². The number of amidine groups is 1. The molecule has 1 atom stereocenters. The number of nitrogens with one attached hydrogen (secondary N) is 2. The summed E-state index contributed by atoms with van der Waals surface area (Å²) in [7, 11) is 0. The van der Waals surface area contributed by atoms with Crippen molar-refractivity contribution in [3.05, 3.63) is 28.7 Å². The summed E-state index contributed by atoms with van der Waals surface area (Å²) in [6.07, 6.45) is 3.05. The molecule has 0 saturated carbocycles. The normalized spacial score (nSPS) is 21.4. The molecule has 2 rings (SSSR count). The van der Waals surface area contributed by atoms with Gasteiger partial charge in [0.05, 0.1) is 4.75 Å². The molecule has 0 unspecified atom stereocenters. The van der Waals surface area contributed by atoms with Crippen LogP contribution in [0.2, 0.25) is 0 Å². The Labute approximate surface area is 108 Å². The molecule has 1 aromatic heterocycles. The highest BCUT2D eigenvalue weighted by molar-refractivity contribution is 8.15. The number of carboxylic acids is 1. The Morgan fingerprint density at radius 3 is 2.89 bits per heavy atom. The Kier molecular flexibility index (Phi) is 3.16. The van der Waals surface area contributed by atoms with Crippen molar-refractivity contribution in [2.75, 3.05) is 5.32 Å². The van der Waals surface area contributed by atoms with E-state index in [0.717, 1.165) is 0 Å². The van der Waals surface area contributed by atoms with Gasteiger partial charge in [-0.15, -0.1) is 0 Å². The van der Waals surface area contributed by atoms with Crippen molar-refractivity contribution >= 4 is 28.6 Å². The van der Waals surface area contributed by atoms with Gasteiger partial charge in [0, 0.05) is 18.5 Å². The number of aliphatic carboxylic acids is 1. The second kappa shape index (κ2) is 4.49. The lowest BCUT2D eigenvalue weighted by atomic mass is 10.0. The lowest BCUT2D eigenvalue weighted by Crippen LogP contribution is -2.34. The third-order valence-electron chi connectivity index (χ3n) is 2.56. The highest BCUT2D eigenvalue weighted by Crippen LogP contribution is 2.37. The third kappa shape index (κ3) is 2.40. The zero-order valence-corrected chi connectivity index (χ0v) is 10.7. The van der Waals surface area contributed by atoms with E-state index in [1.54, 1.807) is 0 Å². The van der Waals surface area contributed by atoms with Gasteiger partial charge in [-0.05, 0) is 13.8 Å². The Morgan fingerprint density at radius 1 is 1.61 bits per heavy atom. The number of aromatic amines is 1. The van der Waals surface area contributed by atoms with E-state index < -0.39 is 16.8 Å². The minimum absolute atomic E-state index is 0.173. The smallest absolute Gasteiger partial charge is 0.329 e. The molecule has 3 N–H and O–H groups in total. The maximum Gasteiger partial charge on any atom is 0.329 e. The summed E-state index contributed by atoms with van der Waals surface area (Å²) in [5.74, 6) is -0.966. The largest absolute Gasteiger partial charge is 0.480 e. The summed E-state index contributed by atoms with van der Waals surface area (Å²) < 4.78 is -0.532. The molecule has 0 bridgehead atoms. The number of carboxylic acid groups (broad SMARTS) is 1. The van der Waals surface area contributed by atoms with Gasteiger partial charge in [0.1, 0.15) is 5.69 Å². The van der Waals surface area contributed by atoms with Crippen LogP contribution >= 0.6 is 11.8 Å². The first-order valence-electron chi connectivity index (χ1n) is 5.34. The Balaban J connectivity index is 2.22. The van der Waals surface area contributed by atoms with Gasteiger partial charge in [0.2, 0.25) is 5.43 Å². The van der Waals surface area contributed by atoms with Crippen molar-refractivity contribution in [2.24, 2.45) is 4.99 Å². The van der Waals surface area contributed by atoms with Crippen molar-refractivity contribution in [3.63, 3.8) is 0 Å². The Bertz CT molecular complexity index is 565. The van der Waals surface area contributed by atoms with Crippen LogP contribution in [-0.2, 0) is 4.79 Å². The molecular weight excluding hydrogens is 254 g/mol. The fourth-order valence-corrected chi connectivity index (χ4v) is 2.73. The molecule has 2 heterocycles. The van der Waals surface area contributed by atoms with Gasteiger partial charge < -0.3 is 15.4 Å². The molecule has 96 valence electrons. The van der Waals surface area contributed by atoms with Crippen LogP contribution in [0.15, 0.2) is 28.2 Å². The monoisotopic (exact) mass is 267 g/mol. The molecule has 1 aromatic rings. The van der Waals surface area contributed by atoms with Crippen LogP contribution in [0.1, 0.15) is 13.8 Å². The highest BCUT2D eigenvalue weighted by Gasteiger charge is 2.42. The van der Waals surface area contributed by atoms with Gasteiger partial charge in [0.25, 0.3) is 0 Å². The number of pyridine rings is 1. The van der Waals surface area contributed by atoms with Crippen molar-refractivity contribution in [3.8, 4) is 0 Å². The minimum atomic E-state index is -0.966. The number of aromatic nitrogens is 1. The predicted molar refractivity (Wildman–Crippen MR) is 71.2 cm³/mol. The number of aliphatic imine (C=N–C) groups is 1. The van der Waals surface area contributed by atoms with Crippen LogP contribution < -0.4 is 10.7 Å². The summed E-state index contributed by atoms with van der Waals surface area (Å²) in [6, 6.07) is 0.579. The van der Waals surface area contributed by atoms with E-state index >= 15 is 0 Å². The molecule has 0 spiro atoms. The number of thioether (sulfide) groups is 1. The van der Waals surface area contributed by atoms with Crippen LogP contribution in [0.25, 0.3) is 0 Å². The molecule has 7 heteroatoms. The topological polar surface area (TPSA) is 94.5 Å².